The van der Waals surface area contributed by atoms with Crippen molar-refractivity contribution >= 4 is 23.2 Å². The second kappa shape index (κ2) is 11.5. The van der Waals surface area contributed by atoms with E-state index in [0.29, 0.717) is 24.0 Å². The van der Waals surface area contributed by atoms with Gasteiger partial charge >= 0.3 is 0 Å². The van der Waals surface area contributed by atoms with Gasteiger partial charge in [-0.2, -0.15) is 0 Å². The topological polar surface area (TPSA) is 61.6 Å². The van der Waals surface area contributed by atoms with Crippen molar-refractivity contribution in [3.63, 3.8) is 0 Å². The Bertz CT molecular complexity index is 1090. The lowest BCUT2D eigenvalue weighted by atomic mass is 9.97. The maximum atomic E-state index is 12.8. The van der Waals surface area contributed by atoms with Gasteiger partial charge < -0.3 is 14.6 Å². The number of anilines is 1. The van der Waals surface area contributed by atoms with Crippen LogP contribution in [0.3, 0.4) is 0 Å². The Labute approximate surface area is 206 Å². The number of carbonyl (C=O) groups is 1. The molecule has 1 aliphatic heterocycles. The lowest BCUT2D eigenvalue weighted by Crippen LogP contribution is -2.43. The molecule has 34 heavy (non-hydrogen) atoms. The molecule has 0 spiro atoms. The molecular formula is C27H33ClN4O2. The van der Waals surface area contributed by atoms with Gasteiger partial charge in [0.15, 0.2) is 0 Å². The number of hydrogen-bond acceptors (Lipinski definition) is 5. The number of hydrogen-bond donors (Lipinski definition) is 1. The molecule has 0 aliphatic carbocycles. The number of piperidine rings is 1. The number of benzene rings is 2. The first kappa shape index (κ1) is 24.3. The number of halogens is 1. The van der Waals surface area contributed by atoms with E-state index in [1.54, 1.807) is 0 Å². The van der Waals surface area contributed by atoms with Crippen molar-refractivity contribution in [3.8, 4) is 11.5 Å². The number of oxazole rings is 1. The van der Waals surface area contributed by atoms with Gasteiger partial charge in [-0.1, -0.05) is 35.9 Å². The molecule has 0 radical (unpaired) electrons. The molecular weight excluding hydrogens is 448 g/mol. The SMILES string of the molecule is Cc1oc(-c2cccc(Cl)c2)nc1CN1CCCC(C(=O)NCCCN(C)c2ccccc2)C1. The molecule has 7 heteroatoms. The van der Waals surface area contributed by atoms with Gasteiger partial charge in [0.25, 0.3) is 0 Å². The summed E-state index contributed by atoms with van der Waals surface area (Å²) in [5.41, 5.74) is 2.98. The largest absolute Gasteiger partial charge is 0.441 e. The number of amides is 1. The third kappa shape index (κ3) is 6.39. The summed E-state index contributed by atoms with van der Waals surface area (Å²) in [6.45, 7) is 5.93. The van der Waals surface area contributed by atoms with Crippen molar-refractivity contribution in [2.24, 2.45) is 5.92 Å². The van der Waals surface area contributed by atoms with E-state index in [1.807, 2.05) is 49.4 Å². The number of nitrogens with zero attached hydrogens (tertiary/aromatic N) is 3. The molecule has 2 aromatic carbocycles. The summed E-state index contributed by atoms with van der Waals surface area (Å²) in [5.74, 6) is 1.56. The van der Waals surface area contributed by atoms with Crippen molar-refractivity contribution in [3.05, 3.63) is 71.1 Å². The number of rotatable bonds is 9. The predicted molar refractivity (Wildman–Crippen MR) is 137 cm³/mol. The van der Waals surface area contributed by atoms with E-state index >= 15 is 0 Å². The number of nitrogens with one attached hydrogen (secondary N) is 1. The molecule has 1 N–H and O–H groups in total. The maximum absolute atomic E-state index is 12.8. The van der Waals surface area contributed by atoms with E-state index < -0.39 is 0 Å². The van der Waals surface area contributed by atoms with Crippen LogP contribution in [0.4, 0.5) is 5.69 Å². The Kier molecular flexibility index (Phi) is 8.25. The standard InChI is InChI=1S/C27H33ClN4O2/c1-20-25(30-27(34-20)21-9-6-11-23(28)17-21)19-32-16-7-10-22(18-32)26(33)29-14-8-15-31(2)24-12-4-3-5-13-24/h3-6,9,11-13,17,22H,7-8,10,14-16,18-19H2,1-2H3,(H,29,33). The zero-order valence-electron chi connectivity index (χ0n) is 20.0. The van der Waals surface area contributed by atoms with Gasteiger partial charge in [0.1, 0.15) is 5.76 Å². The first-order valence-corrected chi connectivity index (χ1v) is 12.4. The third-order valence-corrected chi connectivity index (χ3v) is 6.62. The highest BCUT2D eigenvalue weighted by Crippen LogP contribution is 2.26. The molecule has 0 bridgehead atoms. The van der Waals surface area contributed by atoms with Crippen LogP contribution in [0.15, 0.2) is 59.0 Å². The lowest BCUT2D eigenvalue weighted by Gasteiger charge is -2.31. The fourth-order valence-corrected chi connectivity index (χ4v) is 4.62. The minimum absolute atomic E-state index is 0.0141. The highest BCUT2D eigenvalue weighted by molar-refractivity contribution is 6.30. The van der Waals surface area contributed by atoms with E-state index in [-0.39, 0.29) is 11.8 Å². The second-order valence-electron chi connectivity index (χ2n) is 9.01. The lowest BCUT2D eigenvalue weighted by molar-refractivity contribution is -0.126. The Morgan fingerprint density at radius 1 is 1.24 bits per heavy atom. The van der Waals surface area contributed by atoms with Crippen LogP contribution >= 0.6 is 11.6 Å². The van der Waals surface area contributed by atoms with Crippen molar-refractivity contribution in [2.75, 3.05) is 38.1 Å². The van der Waals surface area contributed by atoms with Crippen LogP contribution in [0.2, 0.25) is 5.02 Å². The van der Waals surface area contributed by atoms with E-state index in [0.717, 1.165) is 55.9 Å². The molecule has 1 aromatic heterocycles. The molecule has 3 aromatic rings. The van der Waals surface area contributed by atoms with E-state index in [4.69, 9.17) is 21.0 Å². The molecule has 1 unspecified atom stereocenters. The van der Waals surface area contributed by atoms with Crippen molar-refractivity contribution < 1.29 is 9.21 Å². The zero-order valence-corrected chi connectivity index (χ0v) is 20.7. The fraction of sp³-hybridized carbons (Fsp3) is 0.407. The average molecular weight is 481 g/mol. The monoisotopic (exact) mass is 480 g/mol. The number of likely N-dealkylation sites (tertiary alicyclic amines) is 1. The summed E-state index contributed by atoms with van der Waals surface area (Å²) in [6, 6.07) is 17.8. The van der Waals surface area contributed by atoms with E-state index in [1.165, 1.54) is 5.69 Å². The average Bonchev–Trinajstić information content (AvgIpc) is 3.22. The van der Waals surface area contributed by atoms with Gasteiger partial charge in [-0.3, -0.25) is 9.69 Å². The van der Waals surface area contributed by atoms with Gasteiger partial charge in [-0.25, -0.2) is 4.98 Å². The number of para-hydroxylation sites is 1. The molecule has 0 saturated carbocycles. The normalized spacial score (nSPS) is 16.4. The Hall–Kier alpha value is -2.83. The van der Waals surface area contributed by atoms with E-state index in [9.17, 15) is 4.79 Å². The predicted octanol–water partition coefficient (Wildman–Crippen LogP) is 5.16. The minimum atomic E-state index is 0.0141. The summed E-state index contributed by atoms with van der Waals surface area (Å²) in [5, 5.41) is 3.81. The first-order chi connectivity index (χ1) is 16.5. The summed E-state index contributed by atoms with van der Waals surface area (Å²) < 4.78 is 5.91. The van der Waals surface area contributed by atoms with Gasteiger partial charge in [-0.05, 0) is 63.1 Å². The summed E-state index contributed by atoms with van der Waals surface area (Å²) >= 11 is 6.11. The van der Waals surface area contributed by atoms with Crippen molar-refractivity contribution in [1.29, 1.82) is 0 Å². The van der Waals surface area contributed by atoms with Gasteiger partial charge in [0.05, 0.1) is 11.6 Å². The molecule has 180 valence electrons. The van der Waals surface area contributed by atoms with Gasteiger partial charge in [0.2, 0.25) is 11.8 Å². The van der Waals surface area contributed by atoms with Crippen LogP contribution in [0.25, 0.3) is 11.5 Å². The Morgan fingerprint density at radius 2 is 2.06 bits per heavy atom. The highest BCUT2D eigenvalue weighted by atomic mass is 35.5. The zero-order chi connectivity index (χ0) is 23.9. The van der Waals surface area contributed by atoms with Crippen LogP contribution in [0, 0.1) is 12.8 Å². The van der Waals surface area contributed by atoms with Gasteiger partial charge in [0, 0.05) is 49.5 Å². The molecule has 4 rings (SSSR count). The number of carbonyl (C=O) groups excluding carboxylic acids is 1. The van der Waals surface area contributed by atoms with Crippen LogP contribution < -0.4 is 10.2 Å². The molecule has 6 nitrogen and oxygen atoms in total. The van der Waals surface area contributed by atoms with Gasteiger partial charge in [-0.15, -0.1) is 0 Å². The van der Waals surface area contributed by atoms with Crippen LogP contribution in [-0.2, 0) is 11.3 Å². The number of aryl methyl sites for hydroxylation is 1. The summed E-state index contributed by atoms with van der Waals surface area (Å²) in [6.07, 6.45) is 2.85. The van der Waals surface area contributed by atoms with Crippen molar-refractivity contribution in [1.82, 2.24) is 15.2 Å². The Morgan fingerprint density at radius 3 is 2.85 bits per heavy atom. The maximum Gasteiger partial charge on any atom is 0.226 e. The Balaban J connectivity index is 1.25. The molecule has 1 fully saturated rings. The summed E-state index contributed by atoms with van der Waals surface area (Å²) in [4.78, 5) is 22.0. The minimum Gasteiger partial charge on any atom is -0.441 e. The van der Waals surface area contributed by atoms with E-state index in [2.05, 4.69) is 34.3 Å². The van der Waals surface area contributed by atoms with Crippen molar-refractivity contribution in [2.45, 2.75) is 32.7 Å². The molecule has 1 aliphatic rings. The quantitative estimate of drug-likeness (QED) is 0.429. The third-order valence-electron chi connectivity index (χ3n) is 6.38. The smallest absolute Gasteiger partial charge is 0.226 e. The number of aromatic nitrogens is 1. The molecule has 1 atom stereocenters. The summed E-state index contributed by atoms with van der Waals surface area (Å²) in [7, 11) is 2.08. The second-order valence-corrected chi connectivity index (χ2v) is 9.44. The van der Waals surface area contributed by atoms with Crippen LogP contribution in [-0.4, -0.2) is 49.0 Å². The molecule has 2 heterocycles. The highest BCUT2D eigenvalue weighted by Gasteiger charge is 2.26. The van der Waals surface area contributed by atoms with Crippen LogP contribution in [0.5, 0.6) is 0 Å². The molecule has 1 amide bonds. The molecule has 1 saturated heterocycles. The van der Waals surface area contributed by atoms with Crippen LogP contribution in [0.1, 0.15) is 30.7 Å². The fourth-order valence-electron chi connectivity index (χ4n) is 4.43. The first-order valence-electron chi connectivity index (χ1n) is 12.0.